The fourth-order valence-electron chi connectivity index (χ4n) is 9.31. The molecule has 33 heteroatoms. The molecule has 424 valence electrons. The Morgan fingerprint density at radius 2 is 0.644 bits per heavy atom. The topological polar surface area (TPSA) is 524 Å². The van der Waals surface area contributed by atoms with E-state index >= 15 is 0 Å². The van der Waals surface area contributed by atoms with Gasteiger partial charge in [0.2, 0.25) is 11.8 Å². The minimum Gasteiger partial charge on any atom is -0.394 e. The minimum atomic E-state index is -2.30. The van der Waals surface area contributed by atoms with Crippen molar-refractivity contribution in [1.29, 1.82) is 0 Å². The molecule has 6 aliphatic heterocycles. The van der Waals surface area contributed by atoms with Gasteiger partial charge in [-0.05, 0) is 0 Å². The van der Waals surface area contributed by atoms with Crippen LogP contribution in [-0.2, 0) is 61.7 Å². The predicted molar refractivity (Wildman–Crippen MR) is 222 cm³/mol. The molecular weight excluding hydrogens is 1000 g/mol. The first-order valence-electron chi connectivity index (χ1n) is 23.1. The van der Waals surface area contributed by atoms with Gasteiger partial charge in [0.25, 0.3) is 0 Å². The van der Waals surface area contributed by atoms with Gasteiger partial charge in [-0.15, -0.1) is 0 Å². The molecule has 0 radical (unpaired) electrons. The van der Waals surface area contributed by atoms with E-state index in [-0.39, 0.29) is 0 Å². The summed E-state index contributed by atoms with van der Waals surface area (Å²) in [4.78, 5) is 25.5. The zero-order valence-corrected chi connectivity index (χ0v) is 38.9. The normalized spacial score (nSPS) is 49.8. The molecule has 0 aliphatic carbocycles. The summed E-state index contributed by atoms with van der Waals surface area (Å²) in [5, 5.41) is 196. The summed E-state index contributed by atoms with van der Waals surface area (Å²) in [5.74, 6) is -1.73. The molecule has 33 nitrogen and oxygen atoms in total. The fourth-order valence-corrected chi connectivity index (χ4v) is 9.31. The Morgan fingerprint density at radius 3 is 1.11 bits per heavy atom. The average molecular weight is 1070 g/mol. The van der Waals surface area contributed by atoms with E-state index in [0.29, 0.717) is 0 Å². The van der Waals surface area contributed by atoms with Crippen LogP contribution in [-0.4, -0.2) is 327 Å². The molecule has 0 aromatic rings. The first-order valence-corrected chi connectivity index (χ1v) is 23.1. The van der Waals surface area contributed by atoms with Gasteiger partial charge < -0.3 is 155 Å². The molecule has 0 unspecified atom stereocenters. The van der Waals surface area contributed by atoms with Crippen LogP contribution >= 0.6 is 0 Å². The Hall–Kier alpha value is -2.22. The Kier molecular flexibility index (Phi) is 21.3. The first-order chi connectivity index (χ1) is 34.5. The van der Waals surface area contributed by atoms with Crippen LogP contribution < -0.4 is 10.6 Å². The number of hydrogen-bond acceptors (Lipinski definition) is 31. The maximum Gasteiger partial charge on any atom is 0.217 e. The number of hydrogen-bond donors (Lipinski definition) is 20. The second-order valence-electron chi connectivity index (χ2n) is 18.2. The molecule has 0 spiro atoms. The molecule has 0 aromatic heterocycles. The van der Waals surface area contributed by atoms with E-state index in [1.54, 1.807) is 0 Å². The summed E-state index contributed by atoms with van der Waals surface area (Å²) in [6.45, 7) is -3.94. The number of aliphatic hydroxyl groups is 18. The number of amides is 2. The quantitative estimate of drug-likeness (QED) is 0.0606. The summed E-state index contributed by atoms with van der Waals surface area (Å²) >= 11 is 0. The fraction of sp³-hybridized carbons (Fsp3) is 0.950. The Balaban J connectivity index is 1.30. The monoisotopic (exact) mass is 1070 g/mol. The molecule has 0 saturated carbocycles. The van der Waals surface area contributed by atoms with Crippen LogP contribution in [0.3, 0.4) is 0 Å². The van der Waals surface area contributed by atoms with Crippen LogP contribution in [0, 0.1) is 0 Å². The van der Waals surface area contributed by atoms with Crippen LogP contribution in [0.25, 0.3) is 0 Å². The number of nitrogens with one attached hydrogen (secondary N) is 2. The number of rotatable bonds is 18. The third-order valence-electron chi connectivity index (χ3n) is 13.2. The lowest BCUT2D eigenvalue weighted by atomic mass is 9.93. The van der Waals surface area contributed by atoms with Crippen LogP contribution in [0.4, 0.5) is 0 Å². The zero-order chi connectivity index (χ0) is 53.9. The molecule has 0 aromatic carbocycles. The standard InChI is InChI=1S/C40H68N2O31/c1-9(49)41-17-32(71-38-26(58)23(55)19(51)11(3-43)65-38)21(53)14(6-46)64-36(17)69-30-15(7-47)68-40(28(60)25(30)57)70-31-16(8-48)67-37(73-34-22(54)13(5-45)63-35(62)29(34)61)18(42-10(2)50)33(31)72-39-27(59)24(56)20(52)12(4-44)66-39/h11-40,43-48,51-62H,3-8H2,1-2H3,(H,41,49)(H,42,50)/t11-,12-,13-,14-,15-,16-,17-,18-,19-,20-,21+,22-,23+,24+,25-,26-,27-,28-,29+,30-,31+,32-,33-,34+,35+,36+,37+,38+,39+,40-/m1/s1. The summed E-state index contributed by atoms with van der Waals surface area (Å²) in [7, 11) is 0. The molecule has 6 saturated heterocycles. The largest absolute Gasteiger partial charge is 0.394 e. The lowest BCUT2D eigenvalue weighted by Crippen LogP contribution is -2.71. The maximum atomic E-state index is 12.9. The van der Waals surface area contributed by atoms with Crippen molar-refractivity contribution in [2.24, 2.45) is 0 Å². The Bertz CT molecular complexity index is 1740. The third kappa shape index (κ3) is 12.9. The van der Waals surface area contributed by atoms with Crippen molar-refractivity contribution in [3.8, 4) is 0 Å². The summed E-state index contributed by atoms with van der Waals surface area (Å²) < 4.78 is 63.5. The van der Waals surface area contributed by atoms with Crippen LogP contribution in [0.1, 0.15) is 13.8 Å². The van der Waals surface area contributed by atoms with Gasteiger partial charge in [0.1, 0.15) is 146 Å². The van der Waals surface area contributed by atoms with Gasteiger partial charge in [-0.25, -0.2) is 0 Å². The van der Waals surface area contributed by atoms with Crippen molar-refractivity contribution in [3.63, 3.8) is 0 Å². The third-order valence-corrected chi connectivity index (χ3v) is 13.2. The van der Waals surface area contributed by atoms with Gasteiger partial charge in [0, 0.05) is 13.8 Å². The molecular formula is C40H68N2O31. The van der Waals surface area contributed by atoms with E-state index in [0.717, 1.165) is 13.8 Å². The van der Waals surface area contributed by atoms with Crippen molar-refractivity contribution in [3.05, 3.63) is 0 Å². The highest BCUT2D eigenvalue weighted by Gasteiger charge is 2.59. The molecule has 6 rings (SSSR count). The van der Waals surface area contributed by atoms with Gasteiger partial charge in [-0.2, -0.15) is 0 Å². The van der Waals surface area contributed by atoms with Crippen LogP contribution in [0.15, 0.2) is 0 Å². The number of ether oxygens (including phenoxy) is 11. The zero-order valence-electron chi connectivity index (χ0n) is 38.9. The van der Waals surface area contributed by atoms with E-state index in [1.807, 2.05) is 0 Å². The summed E-state index contributed by atoms with van der Waals surface area (Å²) in [5.41, 5.74) is 0. The lowest BCUT2D eigenvalue weighted by Gasteiger charge is -2.52. The molecule has 20 N–H and O–H groups in total. The SMILES string of the molecule is CC(=O)N[C@H]1[C@H](O[C@@H]2[C@H](O)[C@@H](O)O[C@H](CO)[C@H]2O)O[C@H](CO)[C@H](O[C@H]2O[C@H](CO)[C@@H](O[C@@H]3O[C@H](CO)[C@H](O)[C@H](O[C@@H]4O[C@H](CO)[C@@H](O)[C@H](O)[C@H]4O)[C@H]3NC(C)=O)[C@H](O)[C@H]2O)[C@@H]1O[C@@H]1O[C@H](CO)[C@@H](O)[C@H](O)[C@H]1O. The van der Waals surface area contributed by atoms with Crippen LogP contribution in [0.5, 0.6) is 0 Å². The highest BCUT2D eigenvalue weighted by molar-refractivity contribution is 5.73. The second-order valence-corrected chi connectivity index (χ2v) is 18.2. The Labute approximate surface area is 413 Å². The van der Waals surface area contributed by atoms with E-state index in [2.05, 4.69) is 10.6 Å². The van der Waals surface area contributed by atoms with Crippen molar-refractivity contribution in [1.82, 2.24) is 10.6 Å². The van der Waals surface area contributed by atoms with Gasteiger partial charge in [0.15, 0.2) is 37.7 Å². The summed E-state index contributed by atoms with van der Waals surface area (Å²) in [6, 6.07) is -3.55. The van der Waals surface area contributed by atoms with E-state index in [4.69, 9.17) is 52.1 Å². The molecule has 6 heterocycles. The molecule has 6 aliphatic rings. The van der Waals surface area contributed by atoms with Gasteiger partial charge in [-0.1, -0.05) is 0 Å². The van der Waals surface area contributed by atoms with Crippen LogP contribution in [0.2, 0.25) is 0 Å². The highest BCUT2D eigenvalue weighted by Crippen LogP contribution is 2.38. The number of aliphatic hydroxyl groups excluding tert-OH is 18. The van der Waals surface area contributed by atoms with Crippen molar-refractivity contribution in [2.45, 2.75) is 198 Å². The predicted octanol–water partition coefficient (Wildman–Crippen LogP) is -13.8. The first kappa shape index (κ1) is 60.0. The van der Waals surface area contributed by atoms with Gasteiger partial charge >= 0.3 is 0 Å². The van der Waals surface area contributed by atoms with Crippen molar-refractivity contribution < 1.29 is 154 Å². The molecule has 30 atom stereocenters. The van der Waals surface area contributed by atoms with E-state index in [9.17, 15) is 102 Å². The maximum absolute atomic E-state index is 12.9. The number of carbonyl (C=O) groups is 2. The summed E-state index contributed by atoms with van der Waals surface area (Å²) in [6.07, 6.45) is -54.1. The average Bonchev–Trinajstić information content (AvgIpc) is 3.36. The lowest BCUT2D eigenvalue weighted by molar-refractivity contribution is -0.392. The molecule has 2 amide bonds. The minimum absolute atomic E-state index is 0.835. The molecule has 0 bridgehead atoms. The molecule has 6 fully saturated rings. The van der Waals surface area contributed by atoms with Crippen molar-refractivity contribution in [2.75, 3.05) is 39.6 Å². The second kappa shape index (κ2) is 26.0. The van der Waals surface area contributed by atoms with Gasteiger partial charge in [0.05, 0.1) is 39.6 Å². The highest BCUT2D eigenvalue weighted by atomic mass is 16.8. The molecule has 73 heavy (non-hydrogen) atoms. The number of carbonyl (C=O) groups excluding carboxylic acids is 2. The Morgan fingerprint density at radius 1 is 0.329 bits per heavy atom. The van der Waals surface area contributed by atoms with Crippen molar-refractivity contribution >= 4 is 11.8 Å². The van der Waals surface area contributed by atoms with Gasteiger partial charge in [-0.3, -0.25) is 9.59 Å². The van der Waals surface area contributed by atoms with E-state index in [1.165, 1.54) is 0 Å². The smallest absolute Gasteiger partial charge is 0.217 e. The van der Waals surface area contributed by atoms with E-state index < -0.39 is 236 Å².